The first-order valence-electron chi connectivity index (χ1n) is 10.0. The minimum Gasteiger partial charge on any atom is -0.454 e. The first-order valence-corrected chi connectivity index (χ1v) is 11.3. The molecule has 0 spiro atoms. The average Bonchev–Trinajstić information content (AvgIpc) is 3.39. The maximum Gasteiger partial charge on any atom is 0.267 e. The summed E-state index contributed by atoms with van der Waals surface area (Å²) in [6.07, 6.45) is 3.12. The molecule has 33 heavy (non-hydrogen) atoms. The van der Waals surface area contributed by atoms with Gasteiger partial charge in [-0.3, -0.25) is 18.9 Å². The molecule has 168 valence electrons. The van der Waals surface area contributed by atoms with Crippen LogP contribution in [0.25, 0.3) is 11.7 Å². The quantitative estimate of drug-likeness (QED) is 0.404. The highest BCUT2D eigenvalue weighted by atomic mass is 32.2. The number of hydrogen-bond acceptors (Lipinski definition) is 9. The van der Waals surface area contributed by atoms with Gasteiger partial charge in [-0.2, -0.15) is 0 Å². The molecular weight excluding hydrogens is 464 g/mol. The number of pyridine rings is 1. The van der Waals surface area contributed by atoms with Crippen molar-refractivity contribution in [3.8, 4) is 11.5 Å². The molecule has 1 fully saturated rings. The van der Waals surface area contributed by atoms with Gasteiger partial charge in [0.2, 0.25) is 6.79 Å². The highest BCUT2D eigenvalue weighted by Gasteiger charge is 2.33. The first kappa shape index (κ1) is 21.4. The summed E-state index contributed by atoms with van der Waals surface area (Å²) in [7, 11) is 0. The summed E-state index contributed by atoms with van der Waals surface area (Å²) in [5, 5.41) is 12.2. The Morgan fingerprint density at radius 1 is 1.21 bits per heavy atom. The maximum atomic E-state index is 13.2. The van der Waals surface area contributed by atoms with E-state index in [0.29, 0.717) is 32.2 Å². The standard InChI is InChI=1S/C22H18N4O5S2/c27-8-6-23-19-14(20(28)25-7-2-1-3-18(25)24-19)10-17-21(29)26(22(32)33-17)11-13-4-5-15-16(9-13)31-12-30-15/h1-5,7,9-10,23,27H,6,8,11-12H2/b17-10+. The molecule has 2 aliphatic rings. The Morgan fingerprint density at radius 2 is 2.06 bits per heavy atom. The number of thioether (sulfide) groups is 1. The van der Waals surface area contributed by atoms with Crippen molar-refractivity contribution in [1.82, 2.24) is 14.3 Å². The van der Waals surface area contributed by atoms with Gasteiger partial charge in [0.15, 0.2) is 11.5 Å². The van der Waals surface area contributed by atoms with Crippen molar-refractivity contribution in [2.24, 2.45) is 0 Å². The molecule has 0 saturated carbocycles. The van der Waals surface area contributed by atoms with Crippen LogP contribution in [-0.4, -0.2) is 49.6 Å². The van der Waals surface area contributed by atoms with Crippen LogP contribution in [0, 0.1) is 0 Å². The minimum atomic E-state index is -0.331. The number of anilines is 1. The van der Waals surface area contributed by atoms with Crippen LogP contribution in [0.15, 0.2) is 52.3 Å². The minimum absolute atomic E-state index is 0.132. The molecule has 0 aliphatic carbocycles. The van der Waals surface area contributed by atoms with E-state index in [4.69, 9.17) is 21.7 Å². The predicted octanol–water partition coefficient (Wildman–Crippen LogP) is 2.23. The predicted molar refractivity (Wildman–Crippen MR) is 128 cm³/mol. The fourth-order valence-electron chi connectivity index (χ4n) is 3.53. The van der Waals surface area contributed by atoms with E-state index in [1.54, 1.807) is 30.5 Å². The number of aromatic nitrogens is 2. The lowest BCUT2D eigenvalue weighted by Crippen LogP contribution is -2.27. The molecule has 1 amide bonds. The van der Waals surface area contributed by atoms with Gasteiger partial charge in [-0.05, 0) is 35.9 Å². The number of aliphatic hydroxyl groups excluding tert-OH is 1. The highest BCUT2D eigenvalue weighted by Crippen LogP contribution is 2.36. The van der Waals surface area contributed by atoms with Crippen molar-refractivity contribution < 1.29 is 19.4 Å². The fourth-order valence-corrected chi connectivity index (χ4v) is 4.77. The summed E-state index contributed by atoms with van der Waals surface area (Å²) in [5.41, 5.74) is 1.18. The third-order valence-corrected chi connectivity index (χ3v) is 6.48. The molecule has 9 nitrogen and oxygen atoms in total. The molecule has 2 aromatic heterocycles. The normalized spacial score (nSPS) is 16.3. The third-order valence-electron chi connectivity index (χ3n) is 5.10. The monoisotopic (exact) mass is 482 g/mol. The second kappa shape index (κ2) is 8.85. The number of carbonyl (C=O) groups excluding carboxylic acids is 1. The van der Waals surface area contributed by atoms with E-state index < -0.39 is 0 Å². The lowest BCUT2D eigenvalue weighted by Gasteiger charge is -2.14. The molecule has 3 aromatic rings. The second-order valence-electron chi connectivity index (χ2n) is 7.21. The van der Waals surface area contributed by atoms with E-state index in [-0.39, 0.29) is 43.5 Å². The third kappa shape index (κ3) is 4.06. The molecular formula is C22H18N4O5S2. The van der Waals surface area contributed by atoms with E-state index in [1.807, 2.05) is 12.1 Å². The van der Waals surface area contributed by atoms with Crippen molar-refractivity contribution in [2.75, 3.05) is 25.3 Å². The number of thiocarbonyl (C=S) groups is 1. The van der Waals surface area contributed by atoms with Crippen molar-refractivity contribution >= 4 is 51.7 Å². The Labute approximate surface area is 197 Å². The van der Waals surface area contributed by atoms with Gasteiger partial charge in [0.25, 0.3) is 11.5 Å². The number of carbonyl (C=O) groups is 1. The van der Waals surface area contributed by atoms with E-state index in [2.05, 4.69) is 10.3 Å². The number of amides is 1. The lowest BCUT2D eigenvalue weighted by atomic mass is 10.2. The molecule has 0 radical (unpaired) electrons. The number of ether oxygens (including phenoxy) is 2. The zero-order valence-corrected chi connectivity index (χ0v) is 18.8. The Bertz CT molecular complexity index is 1370. The van der Waals surface area contributed by atoms with Gasteiger partial charge in [0, 0.05) is 12.7 Å². The van der Waals surface area contributed by atoms with Crippen LogP contribution in [-0.2, 0) is 11.3 Å². The van der Waals surface area contributed by atoms with Crippen molar-refractivity contribution in [3.63, 3.8) is 0 Å². The van der Waals surface area contributed by atoms with Crippen LogP contribution in [0.1, 0.15) is 11.1 Å². The van der Waals surface area contributed by atoms with E-state index in [9.17, 15) is 14.7 Å². The Balaban J connectivity index is 1.48. The summed E-state index contributed by atoms with van der Waals surface area (Å²) >= 11 is 6.57. The summed E-state index contributed by atoms with van der Waals surface area (Å²) in [6.45, 7) is 0.516. The molecule has 0 bridgehead atoms. The van der Waals surface area contributed by atoms with Gasteiger partial charge < -0.3 is 19.9 Å². The van der Waals surface area contributed by atoms with Crippen molar-refractivity contribution in [2.45, 2.75) is 6.54 Å². The number of nitrogens with zero attached hydrogens (tertiary/aromatic N) is 3. The molecule has 0 atom stereocenters. The molecule has 4 heterocycles. The zero-order chi connectivity index (χ0) is 22.9. The number of fused-ring (bicyclic) bond motifs is 2. The van der Waals surface area contributed by atoms with Crippen molar-refractivity contribution in [3.05, 3.63) is 69.0 Å². The topological polar surface area (TPSA) is 105 Å². The van der Waals surface area contributed by atoms with E-state index >= 15 is 0 Å². The molecule has 5 rings (SSSR count). The zero-order valence-electron chi connectivity index (χ0n) is 17.2. The van der Waals surface area contributed by atoms with Gasteiger partial charge >= 0.3 is 0 Å². The molecule has 11 heteroatoms. The second-order valence-corrected chi connectivity index (χ2v) is 8.89. The van der Waals surface area contributed by atoms with Crippen LogP contribution in [0.3, 0.4) is 0 Å². The van der Waals surface area contributed by atoms with Gasteiger partial charge in [-0.1, -0.05) is 36.1 Å². The van der Waals surface area contributed by atoms with Gasteiger partial charge in [-0.15, -0.1) is 0 Å². The summed E-state index contributed by atoms with van der Waals surface area (Å²) < 4.78 is 12.5. The Hall–Kier alpha value is -3.41. The van der Waals surface area contributed by atoms with Crippen LogP contribution < -0.4 is 20.3 Å². The van der Waals surface area contributed by atoms with Gasteiger partial charge in [0.1, 0.15) is 15.8 Å². The largest absolute Gasteiger partial charge is 0.454 e. The molecule has 2 aliphatic heterocycles. The maximum absolute atomic E-state index is 13.2. The molecule has 2 N–H and O–H groups in total. The molecule has 1 saturated heterocycles. The van der Waals surface area contributed by atoms with Gasteiger partial charge in [0.05, 0.1) is 23.6 Å². The lowest BCUT2D eigenvalue weighted by molar-refractivity contribution is -0.122. The number of aliphatic hydroxyl groups is 1. The Morgan fingerprint density at radius 3 is 2.91 bits per heavy atom. The number of rotatable bonds is 6. The SMILES string of the molecule is O=C1/C(=C\c2c(NCCO)nc3ccccn3c2=O)SC(=S)N1Cc1ccc2c(c1)OCO2. The molecule has 0 unspecified atom stereocenters. The number of nitrogens with one attached hydrogen (secondary N) is 1. The van der Waals surface area contributed by atoms with Crippen LogP contribution in [0.2, 0.25) is 0 Å². The van der Waals surface area contributed by atoms with Crippen LogP contribution in [0.5, 0.6) is 11.5 Å². The Kier molecular flexibility index (Phi) is 5.75. The fraction of sp³-hybridized carbons (Fsp3) is 0.182. The van der Waals surface area contributed by atoms with Crippen LogP contribution >= 0.6 is 24.0 Å². The number of benzene rings is 1. The van der Waals surface area contributed by atoms with Gasteiger partial charge in [-0.25, -0.2) is 4.98 Å². The first-order chi connectivity index (χ1) is 16.0. The van der Waals surface area contributed by atoms with E-state index in [0.717, 1.165) is 17.3 Å². The van der Waals surface area contributed by atoms with Crippen molar-refractivity contribution in [1.29, 1.82) is 0 Å². The average molecular weight is 483 g/mol. The highest BCUT2D eigenvalue weighted by molar-refractivity contribution is 8.26. The number of hydrogen-bond donors (Lipinski definition) is 2. The summed E-state index contributed by atoms with van der Waals surface area (Å²) in [6, 6.07) is 10.7. The van der Waals surface area contributed by atoms with Crippen LogP contribution in [0.4, 0.5) is 5.82 Å². The van der Waals surface area contributed by atoms with E-state index in [1.165, 1.54) is 15.4 Å². The summed E-state index contributed by atoms with van der Waals surface area (Å²) in [5.74, 6) is 1.29. The summed E-state index contributed by atoms with van der Waals surface area (Å²) in [4.78, 5) is 32.6. The molecule has 1 aromatic carbocycles. The smallest absolute Gasteiger partial charge is 0.267 e.